The van der Waals surface area contributed by atoms with Crippen LogP contribution < -0.4 is 5.48 Å². The molecular formula is C30H39N3O7. The molecule has 0 unspecified atom stereocenters. The van der Waals surface area contributed by atoms with Crippen molar-refractivity contribution in [2.75, 3.05) is 13.7 Å². The highest BCUT2D eigenvalue weighted by Gasteiger charge is 2.43. The molecule has 3 rings (SSSR count). The Morgan fingerprint density at radius 2 is 1.60 bits per heavy atom. The molecule has 10 heteroatoms. The number of hydroxylamine groups is 1. The molecule has 3 amide bonds. The number of nitrogens with zero attached hydrogens (tertiary/aromatic N) is 2. The normalized spacial score (nSPS) is 15.7. The predicted octanol–water partition coefficient (Wildman–Crippen LogP) is 4.54. The first-order valence-corrected chi connectivity index (χ1v) is 13.8. The SMILES string of the molecule is CCCCC[C@H](CC(=O)NOCc1ccccc1)C(=O)N1[C@H](C(=O)OC)CCCN1C(=O)OCc1ccccc1. The maximum absolute atomic E-state index is 14.0. The number of hydrogen-bond acceptors (Lipinski definition) is 7. The number of nitrogens with one attached hydrogen (secondary N) is 1. The minimum absolute atomic E-state index is 0.0161. The van der Waals surface area contributed by atoms with E-state index in [-0.39, 0.29) is 26.2 Å². The fourth-order valence-electron chi connectivity index (χ4n) is 4.61. The van der Waals surface area contributed by atoms with Crippen molar-refractivity contribution >= 4 is 23.9 Å². The molecule has 40 heavy (non-hydrogen) atoms. The minimum Gasteiger partial charge on any atom is -0.467 e. The summed E-state index contributed by atoms with van der Waals surface area (Å²) < 4.78 is 10.5. The molecule has 216 valence electrons. The second kappa shape index (κ2) is 16.2. The standard InChI is InChI=1S/C30H39N3O7/c1-3-4-7-17-25(20-27(34)31-40-22-24-15-10-6-11-16-24)28(35)33-26(29(36)38-2)18-12-19-32(33)30(37)39-21-23-13-8-5-9-14-23/h5-6,8-11,13-16,25-26H,3-4,7,12,17-22H2,1-2H3,(H,31,34)/t25-,26+/m1/s1. The zero-order valence-corrected chi connectivity index (χ0v) is 23.3. The Bertz CT molecular complexity index is 1100. The summed E-state index contributed by atoms with van der Waals surface area (Å²) in [5.74, 6) is -2.37. The third-order valence-corrected chi connectivity index (χ3v) is 6.72. The molecule has 1 heterocycles. The van der Waals surface area contributed by atoms with Crippen LogP contribution >= 0.6 is 0 Å². The van der Waals surface area contributed by atoms with Crippen LogP contribution in [0.2, 0.25) is 0 Å². The summed E-state index contributed by atoms with van der Waals surface area (Å²) in [5.41, 5.74) is 4.10. The van der Waals surface area contributed by atoms with E-state index in [0.717, 1.165) is 29.0 Å². The molecule has 1 aliphatic rings. The molecule has 2 aromatic rings. The lowest BCUT2D eigenvalue weighted by Gasteiger charge is -2.43. The average Bonchev–Trinajstić information content (AvgIpc) is 2.99. The fourth-order valence-corrected chi connectivity index (χ4v) is 4.61. The number of unbranched alkanes of at least 4 members (excludes halogenated alkanes) is 2. The van der Waals surface area contributed by atoms with Crippen molar-refractivity contribution in [2.24, 2.45) is 5.92 Å². The van der Waals surface area contributed by atoms with Crippen LogP contribution in [0.25, 0.3) is 0 Å². The van der Waals surface area contributed by atoms with Crippen LogP contribution in [0.3, 0.4) is 0 Å². The van der Waals surface area contributed by atoms with Crippen LogP contribution in [0.5, 0.6) is 0 Å². The molecule has 1 aliphatic heterocycles. The molecule has 1 saturated heterocycles. The van der Waals surface area contributed by atoms with Gasteiger partial charge < -0.3 is 9.47 Å². The monoisotopic (exact) mass is 553 g/mol. The number of hydrogen-bond donors (Lipinski definition) is 1. The second-order valence-electron chi connectivity index (χ2n) is 9.72. The van der Waals surface area contributed by atoms with Crippen molar-refractivity contribution in [3.8, 4) is 0 Å². The van der Waals surface area contributed by atoms with Crippen LogP contribution in [0.4, 0.5) is 4.79 Å². The van der Waals surface area contributed by atoms with E-state index in [0.29, 0.717) is 25.7 Å². The van der Waals surface area contributed by atoms with Gasteiger partial charge >= 0.3 is 12.1 Å². The first kappa shape index (κ1) is 30.6. The Balaban J connectivity index is 1.74. The molecule has 1 fully saturated rings. The molecular weight excluding hydrogens is 514 g/mol. The summed E-state index contributed by atoms with van der Waals surface area (Å²) in [5, 5.41) is 2.32. The third-order valence-electron chi connectivity index (χ3n) is 6.72. The summed E-state index contributed by atoms with van der Waals surface area (Å²) in [6, 6.07) is 17.6. The summed E-state index contributed by atoms with van der Waals surface area (Å²) in [6.45, 7) is 2.44. The van der Waals surface area contributed by atoms with Gasteiger partial charge in [0.15, 0.2) is 6.04 Å². The van der Waals surface area contributed by atoms with E-state index < -0.39 is 35.8 Å². The van der Waals surface area contributed by atoms with Gasteiger partial charge in [-0.3, -0.25) is 14.4 Å². The largest absolute Gasteiger partial charge is 0.467 e. The molecule has 0 aromatic heterocycles. The highest BCUT2D eigenvalue weighted by molar-refractivity contribution is 5.90. The van der Waals surface area contributed by atoms with E-state index in [1.165, 1.54) is 12.1 Å². The van der Waals surface area contributed by atoms with Crippen LogP contribution in [0, 0.1) is 5.92 Å². The van der Waals surface area contributed by atoms with Gasteiger partial charge in [0.1, 0.15) is 6.61 Å². The van der Waals surface area contributed by atoms with E-state index in [2.05, 4.69) is 5.48 Å². The van der Waals surface area contributed by atoms with Gasteiger partial charge in [0.05, 0.1) is 13.7 Å². The van der Waals surface area contributed by atoms with Crippen LogP contribution in [0.1, 0.15) is 63.0 Å². The van der Waals surface area contributed by atoms with Gasteiger partial charge in [-0.25, -0.2) is 25.1 Å². The summed E-state index contributed by atoms with van der Waals surface area (Å²) in [4.78, 5) is 58.1. The van der Waals surface area contributed by atoms with Crippen molar-refractivity contribution < 1.29 is 33.5 Å². The molecule has 1 N–H and O–H groups in total. The lowest BCUT2D eigenvalue weighted by molar-refractivity contribution is -0.176. The Morgan fingerprint density at radius 1 is 0.950 bits per heavy atom. The summed E-state index contributed by atoms with van der Waals surface area (Å²) >= 11 is 0. The second-order valence-corrected chi connectivity index (χ2v) is 9.72. The number of esters is 1. The van der Waals surface area contributed by atoms with E-state index in [9.17, 15) is 19.2 Å². The van der Waals surface area contributed by atoms with Crippen molar-refractivity contribution in [1.82, 2.24) is 15.5 Å². The first-order valence-electron chi connectivity index (χ1n) is 13.8. The Labute approximate surface area is 235 Å². The number of amides is 3. The first-order chi connectivity index (χ1) is 19.4. The maximum atomic E-state index is 14.0. The average molecular weight is 554 g/mol. The van der Waals surface area contributed by atoms with Crippen LogP contribution in [-0.4, -0.2) is 53.6 Å². The van der Waals surface area contributed by atoms with E-state index in [1.807, 2.05) is 67.6 Å². The molecule has 0 bridgehead atoms. The van der Waals surface area contributed by atoms with Gasteiger partial charge in [-0.2, -0.15) is 0 Å². The molecule has 0 spiro atoms. The van der Waals surface area contributed by atoms with E-state index >= 15 is 0 Å². The van der Waals surface area contributed by atoms with Crippen molar-refractivity contribution in [3.63, 3.8) is 0 Å². The highest BCUT2D eigenvalue weighted by Crippen LogP contribution is 2.26. The van der Waals surface area contributed by atoms with Gasteiger partial charge in [-0.15, -0.1) is 0 Å². The van der Waals surface area contributed by atoms with Gasteiger partial charge in [0.2, 0.25) is 11.8 Å². The number of hydrazine groups is 1. The number of rotatable bonds is 13. The van der Waals surface area contributed by atoms with Gasteiger partial charge in [-0.1, -0.05) is 86.8 Å². The smallest absolute Gasteiger partial charge is 0.429 e. The van der Waals surface area contributed by atoms with Crippen LogP contribution in [-0.2, 0) is 41.9 Å². The van der Waals surface area contributed by atoms with Gasteiger partial charge in [0, 0.05) is 18.9 Å². The van der Waals surface area contributed by atoms with Crippen molar-refractivity contribution in [3.05, 3.63) is 71.8 Å². The van der Waals surface area contributed by atoms with E-state index in [1.54, 1.807) is 0 Å². The lowest BCUT2D eigenvalue weighted by atomic mass is 9.94. The molecule has 2 aromatic carbocycles. The molecule has 10 nitrogen and oxygen atoms in total. The Hall–Kier alpha value is -3.92. The van der Waals surface area contributed by atoms with Gasteiger partial charge in [0.25, 0.3) is 0 Å². The van der Waals surface area contributed by atoms with E-state index in [4.69, 9.17) is 14.3 Å². The summed E-state index contributed by atoms with van der Waals surface area (Å²) in [6.07, 6.45) is 2.84. The number of carbonyl (C=O) groups excluding carboxylic acids is 4. The fraction of sp³-hybridized carbons (Fsp3) is 0.467. The van der Waals surface area contributed by atoms with Crippen molar-refractivity contribution in [2.45, 2.75) is 71.1 Å². The minimum atomic E-state index is -0.999. The maximum Gasteiger partial charge on any atom is 0.429 e. The number of benzene rings is 2. The third kappa shape index (κ3) is 9.08. The highest BCUT2D eigenvalue weighted by atomic mass is 16.6. The van der Waals surface area contributed by atoms with Gasteiger partial charge in [-0.05, 0) is 30.4 Å². The number of ether oxygens (including phenoxy) is 2. The predicted molar refractivity (Wildman–Crippen MR) is 147 cm³/mol. The zero-order valence-electron chi connectivity index (χ0n) is 23.3. The molecule has 0 saturated carbocycles. The van der Waals surface area contributed by atoms with Crippen LogP contribution in [0.15, 0.2) is 60.7 Å². The quantitative estimate of drug-likeness (QED) is 0.220. The molecule has 2 atom stereocenters. The number of carbonyl (C=O) groups is 4. The summed E-state index contributed by atoms with van der Waals surface area (Å²) in [7, 11) is 1.24. The lowest BCUT2D eigenvalue weighted by Crippen LogP contribution is -2.61. The Kier molecular flexibility index (Phi) is 12.4. The molecule has 0 aliphatic carbocycles. The Morgan fingerprint density at radius 3 is 2.23 bits per heavy atom. The zero-order chi connectivity index (χ0) is 28.7. The number of methoxy groups -OCH3 is 1. The van der Waals surface area contributed by atoms with Crippen molar-refractivity contribution in [1.29, 1.82) is 0 Å². The molecule has 0 radical (unpaired) electrons. The topological polar surface area (TPSA) is 114 Å².